The van der Waals surface area contributed by atoms with Gasteiger partial charge in [0, 0.05) is 18.4 Å². The molecule has 2 aliphatic rings. The molecule has 1 aliphatic carbocycles. The summed E-state index contributed by atoms with van der Waals surface area (Å²) in [5.74, 6) is 1.33. The fraction of sp³-hybridized carbons (Fsp3) is 0.611. The van der Waals surface area contributed by atoms with Crippen molar-refractivity contribution in [2.24, 2.45) is 11.8 Å². The highest BCUT2D eigenvalue weighted by Gasteiger charge is 2.39. The van der Waals surface area contributed by atoms with Crippen LogP contribution in [0.15, 0.2) is 24.3 Å². The lowest BCUT2D eigenvalue weighted by atomic mass is 9.84. The van der Waals surface area contributed by atoms with Crippen molar-refractivity contribution in [3.05, 3.63) is 35.6 Å². The number of hydrogen-bond donors (Lipinski definition) is 2. The molecule has 0 radical (unpaired) electrons. The van der Waals surface area contributed by atoms with Crippen molar-refractivity contribution < 1.29 is 9.18 Å². The maximum absolute atomic E-state index is 13.2. The minimum Gasteiger partial charge on any atom is -0.353 e. The molecule has 0 spiro atoms. The molecular weight excluding hydrogens is 315 g/mol. The van der Waals surface area contributed by atoms with Crippen LogP contribution < -0.4 is 10.6 Å². The molecule has 1 aromatic rings. The van der Waals surface area contributed by atoms with Gasteiger partial charge in [0.2, 0.25) is 5.91 Å². The third kappa shape index (κ3) is 4.92. The van der Waals surface area contributed by atoms with Gasteiger partial charge in [0.25, 0.3) is 0 Å². The van der Waals surface area contributed by atoms with Crippen molar-refractivity contribution in [3.8, 4) is 0 Å². The Kier molecular flexibility index (Phi) is 6.42. The topological polar surface area (TPSA) is 41.1 Å². The molecule has 0 bridgehead atoms. The summed E-state index contributed by atoms with van der Waals surface area (Å²) in [5.41, 5.74) is 0.997. The molecule has 1 amide bonds. The predicted octanol–water partition coefficient (Wildman–Crippen LogP) is 3.25. The highest BCUT2D eigenvalue weighted by Crippen LogP contribution is 2.41. The molecule has 0 aromatic heterocycles. The number of rotatable bonds is 5. The number of benzene rings is 1. The van der Waals surface area contributed by atoms with E-state index in [9.17, 15) is 9.18 Å². The van der Waals surface area contributed by atoms with Crippen molar-refractivity contribution in [1.82, 2.24) is 10.6 Å². The zero-order chi connectivity index (χ0) is 15.5. The number of nitrogens with one attached hydrogen (secondary N) is 2. The second-order valence-electron chi connectivity index (χ2n) is 6.84. The van der Waals surface area contributed by atoms with Gasteiger partial charge in [-0.2, -0.15) is 0 Å². The van der Waals surface area contributed by atoms with Crippen LogP contribution in [0.2, 0.25) is 0 Å². The summed E-state index contributed by atoms with van der Waals surface area (Å²) >= 11 is 0. The number of halogens is 2. The molecule has 1 saturated heterocycles. The number of carbonyl (C=O) groups is 1. The van der Waals surface area contributed by atoms with Crippen LogP contribution in [0.3, 0.4) is 0 Å². The second kappa shape index (κ2) is 8.11. The largest absolute Gasteiger partial charge is 0.353 e. The molecule has 3 nitrogen and oxygen atoms in total. The summed E-state index contributed by atoms with van der Waals surface area (Å²) in [4.78, 5) is 12.2. The first-order chi connectivity index (χ1) is 10.6. The molecule has 23 heavy (non-hydrogen) atoms. The van der Waals surface area contributed by atoms with Crippen LogP contribution in [-0.4, -0.2) is 25.0 Å². The smallest absolute Gasteiger partial charge is 0.220 e. The summed E-state index contributed by atoms with van der Waals surface area (Å²) in [6, 6.07) is 6.90. The quantitative estimate of drug-likeness (QED) is 0.864. The van der Waals surface area contributed by atoms with E-state index >= 15 is 0 Å². The average Bonchev–Trinajstić information content (AvgIpc) is 3.27. The highest BCUT2D eigenvalue weighted by atomic mass is 35.5. The van der Waals surface area contributed by atoms with E-state index in [0.29, 0.717) is 18.3 Å². The van der Waals surface area contributed by atoms with E-state index in [2.05, 4.69) is 17.6 Å². The molecular formula is C18H26ClFN2O. The summed E-state index contributed by atoms with van der Waals surface area (Å²) in [6.07, 6.45) is 3.88. The van der Waals surface area contributed by atoms with Gasteiger partial charge in [-0.15, -0.1) is 12.4 Å². The summed E-state index contributed by atoms with van der Waals surface area (Å²) in [6.45, 7) is 4.33. The lowest BCUT2D eigenvalue weighted by Crippen LogP contribution is -2.34. The Balaban J connectivity index is 0.00000192. The first-order valence-corrected chi connectivity index (χ1v) is 8.39. The molecule has 2 N–H and O–H groups in total. The number of piperidine rings is 1. The van der Waals surface area contributed by atoms with E-state index < -0.39 is 0 Å². The van der Waals surface area contributed by atoms with Gasteiger partial charge in [-0.3, -0.25) is 4.79 Å². The van der Waals surface area contributed by atoms with Gasteiger partial charge in [-0.1, -0.05) is 19.1 Å². The Morgan fingerprint density at radius 2 is 2.13 bits per heavy atom. The average molecular weight is 341 g/mol. The molecule has 1 saturated carbocycles. The Morgan fingerprint density at radius 1 is 1.39 bits per heavy atom. The van der Waals surface area contributed by atoms with Crippen molar-refractivity contribution in [3.63, 3.8) is 0 Å². The van der Waals surface area contributed by atoms with E-state index in [1.165, 1.54) is 18.9 Å². The summed E-state index contributed by atoms with van der Waals surface area (Å²) in [7, 11) is 0. The molecule has 1 aliphatic heterocycles. The van der Waals surface area contributed by atoms with Gasteiger partial charge >= 0.3 is 0 Å². The minimum atomic E-state index is -0.200. The van der Waals surface area contributed by atoms with Gasteiger partial charge in [-0.05, 0) is 61.9 Å². The molecule has 2 fully saturated rings. The van der Waals surface area contributed by atoms with Crippen LogP contribution in [-0.2, 0) is 4.79 Å². The monoisotopic (exact) mass is 340 g/mol. The van der Waals surface area contributed by atoms with E-state index in [0.717, 1.165) is 25.1 Å². The number of hydrogen-bond acceptors (Lipinski definition) is 2. The first-order valence-electron chi connectivity index (χ1n) is 8.39. The van der Waals surface area contributed by atoms with Crippen LogP contribution in [0, 0.1) is 17.7 Å². The molecule has 3 unspecified atom stereocenters. The number of carbonyl (C=O) groups excluding carboxylic acids is 1. The molecule has 128 valence electrons. The second-order valence-corrected chi connectivity index (χ2v) is 6.84. The van der Waals surface area contributed by atoms with E-state index in [1.54, 1.807) is 12.1 Å². The van der Waals surface area contributed by atoms with Crippen molar-refractivity contribution in [2.45, 2.75) is 44.6 Å². The predicted molar refractivity (Wildman–Crippen MR) is 92.3 cm³/mol. The van der Waals surface area contributed by atoms with E-state index in [1.807, 2.05) is 6.07 Å². The lowest BCUT2D eigenvalue weighted by Gasteiger charge is -2.27. The summed E-state index contributed by atoms with van der Waals surface area (Å²) < 4.78 is 13.2. The third-order valence-electron chi connectivity index (χ3n) is 5.11. The Labute approximate surface area is 143 Å². The zero-order valence-corrected chi connectivity index (χ0v) is 14.4. The molecule has 5 heteroatoms. The standard InChI is InChI=1S/C18H25FN2O.ClH/c1-12(13-5-7-20-8-6-13)9-18(22)21-17-11-16(17)14-3-2-4-15(19)10-14;/h2-4,10,12-13,16-17,20H,5-9,11H2,1H3,(H,21,22);1H. The first kappa shape index (κ1) is 18.2. The maximum Gasteiger partial charge on any atom is 0.220 e. The van der Waals surface area contributed by atoms with Crippen LogP contribution in [0.5, 0.6) is 0 Å². The Morgan fingerprint density at radius 3 is 2.83 bits per heavy atom. The molecule has 3 rings (SSSR count). The van der Waals surface area contributed by atoms with Gasteiger partial charge in [0.15, 0.2) is 0 Å². The van der Waals surface area contributed by atoms with Crippen molar-refractivity contribution in [2.75, 3.05) is 13.1 Å². The fourth-order valence-electron chi connectivity index (χ4n) is 3.60. The third-order valence-corrected chi connectivity index (χ3v) is 5.11. The van der Waals surface area contributed by atoms with Crippen LogP contribution >= 0.6 is 12.4 Å². The molecule has 3 atom stereocenters. The zero-order valence-electron chi connectivity index (χ0n) is 13.6. The van der Waals surface area contributed by atoms with Crippen molar-refractivity contribution in [1.29, 1.82) is 0 Å². The van der Waals surface area contributed by atoms with Gasteiger partial charge in [-0.25, -0.2) is 4.39 Å². The summed E-state index contributed by atoms with van der Waals surface area (Å²) in [5, 5.41) is 6.48. The van der Waals surface area contributed by atoms with E-state index in [-0.39, 0.29) is 36.1 Å². The fourth-order valence-corrected chi connectivity index (χ4v) is 3.60. The normalized spacial score (nSPS) is 25.3. The minimum absolute atomic E-state index is 0. The highest BCUT2D eigenvalue weighted by molar-refractivity contribution is 5.85. The van der Waals surface area contributed by atoms with Crippen LogP contribution in [0.25, 0.3) is 0 Å². The maximum atomic E-state index is 13.2. The lowest BCUT2D eigenvalue weighted by molar-refractivity contribution is -0.122. The molecule has 1 heterocycles. The number of amides is 1. The Hall–Kier alpha value is -1.13. The molecule has 1 aromatic carbocycles. The Bertz CT molecular complexity index is 534. The van der Waals surface area contributed by atoms with Crippen LogP contribution in [0.4, 0.5) is 4.39 Å². The van der Waals surface area contributed by atoms with Gasteiger partial charge < -0.3 is 10.6 Å². The van der Waals surface area contributed by atoms with Gasteiger partial charge in [0.05, 0.1) is 0 Å². The SMILES string of the molecule is CC(CC(=O)NC1CC1c1cccc(F)c1)C1CCNCC1.Cl. The van der Waals surface area contributed by atoms with Gasteiger partial charge in [0.1, 0.15) is 5.82 Å². The van der Waals surface area contributed by atoms with E-state index in [4.69, 9.17) is 0 Å². The van der Waals surface area contributed by atoms with Crippen molar-refractivity contribution >= 4 is 18.3 Å². The van der Waals surface area contributed by atoms with Crippen LogP contribution in [0.1, 0.15) is 44.1 Å².